The predicted molar refractivity (Wildman–Crippen MR) is 115 cm³/mol. The summed E-state index contributed by atoms with van der Waals surface area (Å²) >= 11 is 0. The second kappa shape index (κ2) is 9.34. The minimum absolute atomic E-state index is 0.196. The van der Waals surface area contributed by atoms with Gasteiger partial charge in [0.15, 0.2) is 18.1 Å². The number of esters is 1. The van der Waals surface area contributed by atoms with Crippen molar-refractivity contribution in [3.8, 4) is 11.5 Å². The molecule has 1 aliphatic heterocycles. The highest BCUT2D eigenvalue weighted by Crippen LogP contribution is 2.34. The van der Waals surface area contributed by atoms with Crippen molar-refractivity contribution < 1.29 is 23.8 Å². The molecule has 0 aromatic heterocycles. The molecule has 6 nitrogen and oxygen atoms in total. The maximum atomic E-state index is 12.6. The van der Waals surface area contributed by atoms with Crippen molar-refractivity contribution in [3.63, 3.8) is 0 Å². The first kappa shape index (κ1) is 20.5. The zero-order valence-corrected chi connectivity index (χ0v) is 17.2. The number of carbonyl (C=O) groups excluding carboxylic acids is 2. The molecule has 3 aromatic rings. The molecule has 1 N–H and O–H groups in total. The molecule has 31 heavy (non-hydrogen) atoms. The lowest BCUT2D eigenvalue weighted by atomic mass is 10.00. The largest absolute Gasteiger partial charge is 0.454 e. The van der Waals surface area contributed by atoms with Crippen molar-refractivity contribution in [2.45, 2.75) is 19.4 Å². The Morgan fingerprint density at radius 3 is 2.55 bits per heavy atom. The van der Waals surface area contributed by atoms with Crippen LogP contribution in [-0.2, 0) is 16.0 Å². The number of nitrogens with one attached hydrogen (secondary N) is 1. The quantitative estimate of drug-likeness (QED) is 0.588. The maximum absolute atomic E-state index is 12.6. The van der Waals surface area contributed by atoms with Crippen LogP contribution in [0, 0.1) is 0 Å². The van der Waals surface area contributed by atoms with Gasteiger partial charge in [-0.05, 0) is 48.2 Å². The monoisotopic (exact) mass is 417 g/mol. The van der Waals surface area contributed by atoms with Gasteiger partial charge in [0.1, 0.15) is 0 Å². The van der Waals surface area contributed by atoms with Gasteiger partial charge in [-0.1, -0.05) is 54.6 Å². The molecule has 0 radical (unpaired) electrons. The smallest absolute Gasteiger partial charge is 0.338 e. The van der Waals surface area contributed by atoms with E-state index < -0.39 is 5.97 Å². The van der Waals surface area contributed by atoms with Gasteiger partial charge in [-0.2, -0.15) is 0 Å². The summed E-state index contributed by atoms with van der Waals surface area (Å²) in [5, 5.41) is 2.84. The Hall–Kier alpha value is -3.80. The van der Waals surface area contributed by atoms with Crippen LogP contribution in [0.4, 0.5) is 0 Å². The standard InChI is InChI=1S/C25H23NO5/c1-17(19-11-12-22-23(14-19)31-16-30-22)26-24(27)15-29-25(28)21-10-6-5-9-20(21)13-18-7-3-2-4-8-18/h2-12,14,17H,13,15-16H2,1H3,(H,26,27)/t17-/m0/s1. The highest BCUT2D eigenvalue weighted by Gasteiger charge is 2.18. The van der Waals surface area contributed by atoms with E-state index in [1.807, 2.05) is 67.6 Å². The minimum Gasteiger partial charge on any atom is -0.454 e. The molecule has 0 saturated heterocycles. The van der Waals surface area contributed by atoms with Gasteiger partial charge < -0.3 is 19.5 Å². The van der Waals surface area contributed by atoms with Crippen LogP contribution in [0.15, 0.2) is 72.8 Å². The molecule has 1 aliphatic rings. The number of hydrogen-bond donors (Lipinski definition) is 1. The second-order valence-corrected chi connectivity index (χ2v) is 7.30. The zero-order valence-electron chi connectivity index (χ0n) is 17.2. The van der Waals surface area contributed by atoms with E-state index in [1.165, 1.54) is 0 Å². The number of fused-ring (bicyclic) bond motifs is 1. The summed E-state index contributed by atoms with van der Waals surface area (Å²) in [7, 11) is 0. The SMILES string of the molecule is C[C@H](NC(=O)COC(=O)c1ccccc1Cc1ccccc1)c1ccc2c(c1)OCO2. The van der Waals surface area contributed by atoms with E-state index in [-0.39, 0.29) is 25.3 Å². The van der Waals surface area contributed by atoms with Gasteiger partial charge in [0, 0.05) is 0 Å². The third-order valence-corrected chi connectivity index (χ3v) is 5.08. The number of benzene rings is 3. The zero-order chi connectivity index (χ0) is 21.6. The van der Waals surface area contributed by atoms with Crippen LogP contribution in [0.5, 0.6) is 11.5 Å². The van der Waals surface area contributed by atoms with Crippen molar-refractivity contribution in [1.82, 2.24) is 5.32 Å². The van der Waals surface area contributed by atoms with Crippen LogP contribution in [0.25, 0.3) is 0 Å². The average Bonchev–Trinajstić information content (AvgIpc) is 3.26. The van der Waals surface area contributed by atoms with Crippen molar-refractivity contribution in [1.29, 1.82) is 0 Å². The molecule has 0 bridgehead atoms. The summed E-state index contributed by atoms with van der Waals surface area (Å²) < 4.78 is 16.0. The van der Waals surface area contributed by atoms with E-state index in [0.29, 0.717) is 23.5 Å². The Morgan fingerprint density at radius 1 is 0.968 bits per heavy atom. The molecule has 0 unspecified atom stereocenters. The lowest BCUT2D eigenvalue weighted by molar-refractivity contribution is -0.124. The molecular formula is C25H23NO5. The minimum atomic E-state index is -0.516. The molecule has 6 heteroatoms. The number of rotatable bonds is 7. The molecule has 158 valence electrons. The summed E-state index contributed by atoms with van der Waals surface area (Å²) in [6.07, 6.45) is 0.611. The van der Waals surface area contributed by atoms with Crippen molar-refractivity contribution in [3.05, 3.63) is 95.1 Å². The number of carbonyl (C=O) groups is 2. The topological polar surface area (TPSA) is 73.9 Å². The molecule has 0 spiro atoms. The lowest BCUT2D eigenvalue weighted by Crippen LogP contribution is -2.31. The summed E-state index contributed by atoms with van der Waals surface area (Å²) in [6, 6.07) is 22.4. The molecule has 0 saturated carbocycles. The summed E-state index contributed by atoms with van der Waals surface area (Å²) in [5.41, 5.74) is 3.28. The van der Waals surface area contributed by atoms with Crippen LogP contribution < -0.4 is 14.8 Å². The molecule has 4 rings (SSSR count). The predicted octanol–water partition coefficient (Wildman–Crippen LogP) is 4.04. The van der Waals surface area contributed by atoms with Crippen LogP contribution in [0.1, 0.15) is 40.0 Å². The molecule has 1 amide bonds. The molecule has 0 fully saturated rings. The fourth-order valence-corrected chi connectivity index (χ4v) is 3.45. The fraction of sp³-hybridized carbons (Fsp3) is 0.200. The first-order valence-electron chi connectivity index (χ1n) is 10.1. The molecular weight excluding hydrogens is 394 g/mol. The Kier molecular flexibility index (Phi) is 6.17. The molecule has 3 aromatic carbocycles. The van der Waals surface area contributed by atoms with Crippen molar-refractivity contribution in [2.24, 2.45) is 0 Å². The van der Waals surface area contributed by atoms with Gasteiger partial charge in [-0.25, -0.2) is 4.79 Å². The van der Waals surface area contributed by atoms with Crippen LogP contribution >= 0.6 is 0 Å². The number of amides is 1. The van der Waals surface area contributed by atoms with Gasteiger partial charge in [0.25, 0.3) is 5.91 Å². The Bertz CT molecular complexity index is 1080. The van der Waals surface area contributed by atoms with Crippen LogP contribution in [0.2, 0.25) is 0 Å². The van der Waals surface area contributed by atoms with Crippen molar-refractivity contribution >= 4 is 11.9 Å². The Labute approximate surface area is 180 Å². The van der Waals surface area contributed by atoms with Crippen LogP contribution in [-0.4, -0.2) is 25.3 Å². The highest BCUT2D eigenvalue weighted by molar-refractivity contribution is 5.92. The highest BCUT2D eigenvalue weighted by atomic mass is 16.7. The Balaban J connectivity index is 1.34. The van der Waals surface area contributed by atoms with Crippen LogP contribution in [0.3, 0.4) is 0 Å². The normalized spacial score (nSPS) is 12.8. The van der Waals surface area contributed by atoms with Gasteiger partial charge in [0.2, 0.25) is 6.79 Å². The summed E-state index contributed by atoms with van der Waals surface area (Å²) in [5.74, 6) is 0.446. The maximum Gasteiger partial charge on any atom is 0.338 e. The summed E-state index contributed by atoms with van der Waals surface area (Å²) in [6.45, 7) is 1.70. The van der Waals surface area contributed by atoms with E-state index >= 15 is 0 Å². The Morgan fingerprint density at radius 2 is 1.71 bits per heavy atom. The van der Waals surface area contributed by atoms with E-state index in [1.54, 1.807) is 12.1 Å². The van der Waals surface area contributed by atoms with E-state index in [0.717, 1.165) is 16.7 Å². The second-order valence-electron chi connectivity index (χ2n) is 7.30. The molecule has 0 aliphatic carbocycles. The van der Waals surface area contributed by atoms with Gasteiger partial charge in [-0.15, -0.1) is 0 Å². The first-order chi connectivity index (χ1) is 15.1. The summed E-state index contributed by atoms with van der Waals surface area (Å²) in [4.78, 5) is 24.9. The number of ether oxygens (including phenoxy) is 3. The van der Waals surface area contributed by atoms with Gasteiger partial charge in [-0.3, -0.25) is 4.79 Å². The molecule has 1 heterocycles. The number of hydrogen-bond acceptors (Lipinski definition) is 5. The van der Waals surface area contributed by atoms with Gasteiger partial charge >= 0.3 is 5.97 Å². The molecule has 1 atom stereocenters. The fourth-order valence-electron chi connectivity index (χ4n) is 3.45. The lowest BCUT2D eigenvalue weighted by Gasteiger charge is -2.15. The average molecular weight is 417 g/mol. The third kappa shape index (κ3) is 5.04. The van der Waals surface area contributed by atoms with Gasteiger partial charge in [0.05, 0.1) is 11.6 Å². The van der Waals surface area contributed by atoms with E-state index in [4.69, 9.17) is 14.2 Å². The van der Waals surface area contributed by atoms with Crippen molar-refractivity contribution in [2.75, 3.05) is 13.4 Å². The third-order valence-electron chi connectivity index (χ3n) is 5.08. The van der Waals surface area contributed by atoms with E-state index in [2.05, 4.69) is 5.32 Å². The van der Waals surface area contributed by atoms with E-state index in [9.17, 15) is 9.59 Å². The first-order valence-corrected chi connectivity index (χ1v) is 10.1.